The molecule has 2 aromatic rings. The van der Waals surface area contributed by atoms with Gasteiger partial charge in [0.15, 0.2) is 0 Å². The molecule has 5 nitrogen and oxygen atoms in total. The molecule has 0 radical (unpaired) electrons. The van der Waals surface area contributed by atoms with Gasteiger partial charge < -0.3 is 0 Å². The predicted molar refractivity (Wildman–Crippen MR) is 117 cm³/mol. The molecule has 29 heavy (non-hydrogen) atoms. The summed E-state index contributed by atoms with van der Waals surface area (Å²) in [4.78, 5) is 21.6. The van der Waals surface area contributed by atoms with Crippen molar-refractivity contribution in [3.05, 3.63) is 70.7 Å². The Morgan fingerprint density at radius 2 is 1.62 bits per heavy atom. The molecule has 0 aromatic heterocycles. The van der Waals surface area contributed by atoms with Crippen molar-refractivity contribution in [3.8, 4) is 0 Å². The van der Waals surface area contributed by atoms with Gasteiger partial charge in [-0.25, -0.2) is 5.48 Å². The molecule has 1 unspecified atom stereocenters. The van der Waals surface area contributed by atoms with E-state index in [-0.39, 0.29) is 11.9 Å². The van der Waals surface area contributed by atoms with E-state index < -0.39 is 5.60 Å². The lowest BCUT2D eigenvalue weighted by atomic mass is 9.96. The van der Waals surface area contributed by atoms with Gasteiger partial charge in [-0.05, 0) is 37.1 Å². The van der Waals surface area contributed by atoms with Crippen LogP contribution in [-0.4, -0.2) is 54.0 Å². The topological polar surface area (TPSA) is 44.8 Å². The number of nitrogens with one attached hydrogen (secondary N) is 1. The third kappa shape index (κ3) is 6.28. The largest absolute Gasteiger partial charge is 0.298 e. The minimum atomic E-state index is -0.442. The lowest BCUT2D eigenvalue weighted by Gasteiger charge is -2.41. The highest BCUT2D eigenvalue weighted by atomic mass is 35.5. The first-order valence-electron chi connectivity index (χ1n) is 10.1. The standard InChI is InChI=1S/C23H30ClN3O2/c1-18(28)25-29-23(2,3)17-26-13-15-27(16-14-26)22(19-7-5-4-6-8-19)20-9-11-21(24)12-10-20/h4-12,22H,13-17H2,1-3H3,(H,25,28). The summed E-state index contributed by atoms with van der Waals surface area (Å²) in [7, 11) is 0. The molecular formula is C23H30ClN3O2. The molecule has 1 aliphatic rings. The van der Waals surface area contributed by atoms with Gasteiger partial charge in [-0.1, -0.05) is 54.1 Å². The summed E-state index contributed by atoms with van der Waals surface area (Å²) in [6, 6.07) is 19.0. The van der Waals surface area contributed by atoms with Crippen molar-refractivity contribution in [2.24, 2.45) is 0 Å². The predicted octanol–water partition coefficient (Wildman–Crippen LogP) is 3.89. The normalized spacial score (nSPS) is 17.1. The zero-order valence-corrected chi connectivity index (χ0v) is 18.2. The van der Waals surface area contributed by atoms with Crippen LogP contribution >= 0.6 is 11.6 Å². The summed E-state index contributed by atoms with van der Waals surface area (Å²) in [6.45, 7) is 10.0. The van der Waals surface area contributed by atoms with Gasteiger partial charge in [0.25, 0.3) is 0 Å². The number of piperazine rings is 1. The average Bonchev–Trinajstić information content (AvgIpc) is 2.70. The first-order valence-corrected chi connectivity index (χ1v) is 10.4. The smallest absolute Gasteiger partial charge is 0.240 e. The maximum atomic E-state index is 11.1. The van der Waals surface area contributed by atoms with Crippen LogP contribution in [0.25, 0.3) is 0 Å². The van der Waals surface area contributed by atoms with Crippen molar-refractivity contribution in [1.29, 1.82) is 0 Å². The van der Waals surface area contributed by atoms with E-state index in [1.807, 2.05) is 26.0 Å². The van der Waals surface area contributed by atoms with Gasteiger partial charge in [0.05, 0.1) is 6.04 Å². The van der Waals surface area contributed by atoms with E-state index in [0.717, 1.165) is 37.7 Å². The number of carbonyl (C=O) groups is 1. The van der Waals surface area contributed by atoms with E-state index in [1.54, 1.807) is 0 Å². The van der Waals surface area contributed by atoms with Crippen molar-refractivity contribution in [3.63, 3.8) is 0 Å². The van der Waals surface area contributed by atoms with E-state index in [1.165, 1.54) is 18.1 Å². The van der Waals surface area contributed by atoms with E-state index >= 15 is 0 Å². The van der Waals surface area contributed by atoms with Crippen molar-refractivity contribution in [2.45, 2.75) is 32.4 Å². The van der Waals surface area contributed by atoms with Crippen LogP contribution in [-0.2, 0) is 9.63 Å². The van der Waals surface area contributed by atoms with Crippen LogP contribution in [0.1, 0.15) is 37.9 Å². The molecule has 0 saturated carbocycles. The van der Waals surface area contributed by atoms with Crippen LogP contribution < -0.4 is 5.48 Å². The molecule has 1 fully saturated rings. The van der Waals surface area contributed by atoms with E-state index in [9.17, 15) is 4.79 Å². The molecule has 0 spiro atoms. The molecule has 1 N–H and O–H groups in total. The molecule has 1 aliphatic heterocycles. The number of rotatable bonds is 7. The number of nitrogens with zero attached hydrogens (tertiary/aromatic N) is 2. The van der Waals surface area contributed by atoms with Crippen LogP contribution in [0, 0.1) is 0 Å². The minimum absolute atomic E-state index is 0.184. The quantitative estimate of drug-likeness (QED) is 0.697. The molecule has 1 saturated heterocycles. The number of halogens is 1. The second-order valence-electron chi connectivity index (χ2n) is 8.20. The number of hydrogen-bond donors (Lipinski definition) is 1. The molecular weight excluding hydrogens is 386 g/mol. The lowest BCUT2D eigenvalue weighted by molar-refractivity contribution is -0.149. The fourth-order valence-corrected chi connectivity index (χ4v) is 3.98. The minimum Gasteiger partial charge on any atom is -0.298 e. The van der Waals surface area contributed by atoms with Gasteiger partial charge in [-0.15, -0.1) is 0 Å². The number of amides is 1. The van der Waals surface area contributed by atoms with E-state index in [2.05, 4.69) is 57.7 Å². The summed E-state index contributed by atoms with van der Waals surface area (Å²) in [6.07, 6.45) is 0. The molecule has 0 bridgehead atoms. The Morgan fingerprint density at radius 1 is 1.03 bits per heavy atom. The first-order chi connectivity index (χ1) is 13.8. The molecule has 1 heterocycles. The van der Waals surface area contributed by atoms with Crippen molar-refractivity contribution in [2.75, 3.05) is 32.7 Å². The second-order valence-corrected chi connectivity index (χ2v) is 8.63. The van der Waals surface area contributed by atoms with Crippen LogP contribution in [0.15, 0.2) is 54.6 Å². The maximum Gasteiger partial charge on any atom is 0.240 e. The molecule has 1 amide bonds. The zero-order valence-electron chi connectivity index (χ0n) is 17.4. The van der Waals surface area contributed by atoms with Crippen molar-refractivity contribution in [1.82, 2.24) is 15.3 Å². The van der Waals surface area contributed by atoms with Crippen LogP contribution in [0.3, 0.4) is 0 Å². The van der Waals surface area contributed by atoms with Crippen LogP contribution in [0.4, 0.5) is 0 Å². The summed E-state index contributed by atoms with van der Waals surface area (Å²) < 4.78 is 0. The van der Waals surface area contributed by atoms with E-state index in [4.69, 9.17) is 16.4 Å². The van der Waals surface area contributed by atoms with Crippen LogP contribution in [0.2, 0.25) is 5.02 Å². The highest BCUT2D eigenvalue weighted by Gasteiger charge is 2.30. The average molecular weight is 416 g/mol. The molecule has 3 rings (SSSR count). The Balaban J connectivity index is 1.67. The summed E-state index contributed by atoms with van der Waals surface area (Å²) in [5, 5.41) is 0.756. The van der Waals surface area contributed by atoms with Crippen LogP contribution in [0.5, 0.6) is 0 Å². The van der Waals surface area contributed by atoms with E-state index in [0.29, 0.717) is 0 Å². The number of carbonyl (C=O) groups excluding carboxylic acids is 1. The van der Waals surface area contributed by atoms with Gasteiger partial charge in [-0.2, -0.15) is 0 Å². The van der Waals surface area contributed by atoms with Crippen molar-refractivity contribution >= 4 is 17.5 Å². The molecule has 156 valence electrons. The third-order valence-corrected chi connectivity index (χ3v) is 5.40. The number of hydrogen-bond acceptors (Lipinski definition) is 4. The summed E-state index contributed by atoms with van der Waals surface area (Å²) >= 11 is 6.12. The molecule has 6 heteroatoms. The maximum absolute atomic E-state index is 11.1. The Labute approximate surface area is 178 Å². The Morgan fingerprint density at radius 3 is 2.21 bits per heavy atom. The zero-order chi connectivity index (χ0) is 20.9. The number of hydroxylamine groups is 1. The number of benzene rings is 2. The van der Waals surface area contributed by atoms with Gasteiger partial charge in [0.2, 0.25) is 5.91 Å². The highest BCUT2D eigenvalue weighted by molar-refractivity contribution is 6.30. The van der Waals surface area contributed by atoms with Gasteiger partial charge in [-0.3, -0.25) is 19.4 Å². The Hall–Kier alpha value is -1.92. The molecule has 0 aliphatic carbocycles. The Kier molecular flexibility index (Phi) is 7.30. The van der Waals surface area contributed by atoms with Gasteiger partial charge >= 0.3 is 0 Å². The molecule has 2 aromatic carbocycles. The molecule has 1 atom stereocenters. The first kappa shape index (κ1) is 21.8. The fraction of sp³-hybridized carbons (Fsp3) is 0.435. The monoisotopic (exact) mass is 415 g/mol. The highest BCUT2D eigenvalue weighted by Crippen LogP contribution is 2.30. The fourth-order valence-electron chi connectivity index (χ4n) is 3.85. The lowest BCUT2D eigenvalue weighted by Crippen LogP contribution is -2.52. The van der Waals surface area contributed by atoms with Crippen molar-refractivity contribution < 1.29 is 9.63 Å². The van der Waals surface area contributed by atoms with Gasteiger partial charge in [0.1, 0.15) is 5.60 Å². The second kappa shape index (κ2) is 9.72. The van der Waals surface area contributed by atoms with Gasteiger partial charge in [0, 0.05) is 44.7 Å². The SMILES string of the molecule is CC(=O)NOC(C)(C)CN1CCN(C(c2ccccc2)c2ccc(Cl)cc2)CC1. The Bertz CT molecular complexity index is 788. The summed E-state index contributed by atoms with van der Waals surface area (Å²) in [5.74, 6) is -0.184. The third-order valence-electron chi connectivity index (χ3n) is 5.15. The summed E-state index contributed by atoms with van der Waals surface area (Å²) in [5.41, 5.74) is 4.56.